The van der Waals surface area contributed by atoms with E-state index in [1.54, 1.807) is 0 Å². The molecule has 6 nitrogen and oxygen atoms in total. The van der Waals surface area contributed by atoms with Gasteiger partial charge in [0.05, 0.1) is 5.25 Å². The summed E-state index contributed by atoms with van der Waals surface area (Å²) >= 11 is 0. The van der Waals surface area contributed by atoms with Crippen molar-refractivity contribution < 1.29 is 17.8 Å². The maximum absolute atomic E-state index is 11.5. The van der Waals surface area contributed by atoms with Crippen LogP contribution in [-0.2, 0) is 27.9 Å². The van der Waals surface area contributed by atoms with Crippen LogP contribution in [0, 0.1) is 0 Å². The molecule has 2 atom stereocenters. The highest BCUT2D eigenvalue weighted by Gasteiger charge is 2.34. The molecule has 2 rings (SSSR count). The van der Waals surface area contributed by atoms with E-state index in [1.165, 1.54) is 12.5 Å². The third-order valence-electron chi connectivity index (χ3n) is 4.33. The summed E-state index contributed by atoms with van der Waals surface area (Å²) in [6, 6.07) is 7.59. The van der Waals surface area contributed by atoms with Crippen molar-refractivity contribution in [2.45, 2.75) is 44.0 Å². The summed E-state index contributed by atoms with van der Waals surface area (Å²) < 4.78 is 32.4. The molecule has 0 saturated heterocycles. The molecule has 1 aromatic carbocycles. The molecular formula is C15H22N2O4S. The Morgan fingerprint density at radius 3 is 2.59 bits per heavy atom. The Balaban J connectivity index is 2.20. The number of hydrogen-bond donors (Lipinski definition) is 2. The first-order chi connectivity index (χ1) is 10.3. The highest BCUT2D eigenvalue weighted by Crippen LogP contribution is 2.25. The van der Waals surface area contributed by atoms with Gasteiger partial charge in [-0.1, -0.05) is 24.3 Å². The predicted octanol–water partition coefficient (Wildman–Crippen LogP) is 0.955. The Bertz CT molecular complexity index is 645. The Kier molecular flexibility index (Phi) is 5.20. The summed E-state index contributed by atoms with van der Waals surface area (Å²) in [6.07, 6.45) is 1.24. The summed E-state index contributed by atoms with van der Waals surface area (Å²) in [5.41, 5.74) is 7.60. The zero-order chi connectivity index (χ0) is 16.3. The molecule has 0 saturated carbocycles. The minimum absolute atomic E-state index is 0.0999. The van der Waals surface area contributed by atoms with E-state index >= 15 is 0 Å². The highest BCUT2D eigenvalue weighted by atomic mass is 32.2. The van der Waals surface area contributed by atoms with Crippen LogP contribution in [0.2, 0.25) is 0 Å². The van der Waals surface area contributed by atoms with Crippen LogP contribution in [0.25, 0.3) is 0 Å². The Labute approximate surface area is 131 Å². The van der Waals surface area contributed by atoms with Crippen molar-refractivity contribution in [1.82, 2.24) is 4.90 Å². The van der Waals surface area contributed by atoms with Gasteiger partial charge in [0.15, 0.2) is 0 Å². The van der Waals surface area contributed by atoms with Gasteiger partial charge in [-0.15, -0.1) is 0 Å². The minimum Gasteiger partial charge on any atom is -0.370 e. The second-order valence-electron chi connectivity index (χ2n) is 5.78. The van der Waals surface area contributed by atoms with Crippen molar-refractivity contribution in [3.8, 4) is 0 Å². The standard InChI is InChI=1S/C15H22N2O4S/c1-11(22(19,20)21)14(6-7-15(16)18)17-9-8-12-4-2-3-5-13(12)10-17/h2-5,11,14H,6-10H2,1H3,(H2,16,18)(H,19,20,21). The summed E-state index contributed by atoms with van der Waals surface area (Å²) in [7, 11) is -4.17. The predicted molar refractivity (Wildman–Crippen MR) is 83.8 cm³/mol. The van der Waals surface area contributed by atoms with E-state index < -0.39 is 27.3 Å². The molecule has 1 aliphatic rings. The molecule has 2 unspecified atom stereocenters. The monoisotopic (exact) mass is 326 g/mol. The van der Waals surface area contributed by atoms with Gasteiger partial charge < -0.3 is 5.73 Å². The van der Waals surface area contributed by atoms with Gasteiger partial charge in [-0.05, 0) is 30.9 Å². The number of nitrogens with two attached hydrogens (primary N) is 1. The second kappa shape index (κ2) is 6.76. The molecule has 122 valence electrons. The third kappa shape index (κ3) is 4.06. The first-order valence-corrected chi connectivity index (χ1v) is 8.85. The molecule has 1 amide bonds. The summed E-state index contributed by atoms with van der Waals surface area (Å²) in [6.45, 7) is 2.78. The number of fused-ring (bicyclic) bond motifs is 1. The number of carbonyl (C=O) groups is 1. The van der Waals surface area contributed by atoms with Crippen molar-refractivity contribution >= 4 is 16.0 Å². The van der Waals surface area contributed by atoms with Crippen molar-refractivity contribution in [3.05, 3.63) is 35.4 Å². The Morgan fingerprint density at radius 2 is 2.00 bits per heavy atom. The fourth-order valence-electron chi connectivity index (χ4n) is 3.00. The highest BCUT2D eigenvalue weighted by molar-refractivity contribution is 7.86. The first-order valence-electron chi connectivity index (χ1n) is 7.34. The van der Waals surface area contributed by atoms with Crippen molar-refractivity contribution in [1.29, 1.82) is 0 Å². The van der Waals surface area contributed by atoms with Crippen LogP contribution in [-0.4, -0.2) is 41.6 Å². The zero-order valence-electron chi connectivity index (χ0n) is 12.6. The molecule has 0 aliphatic carbocycles. The van der Waals surface area contributed by atoms with Gasteiger partial charge in [0.2, 0.25) is 5.91 Å². The largest absolute Gasteiger partial charge is 0.370 e. The van der Waals surface area contributed by atoms with Crippen LogP contribution >= 0.6 is 0 Å². The fourth-order valence-corrected chi connectivity index (χ4v) is 3.71. The number of primary amides is 1. The number of carbonyl (C=O) groups excluding carboxylic acids is 1. The molecular weight excluding hydrogens is 304 g/mol. The van der Waals surface area contributed by atoms with E-state index in [-0.39, 0.29) is 6.42 Å². The second-order valence-corrected chi connectivity index (χ2v) is 7.56. The summed E-state index contributed by atoms with van der Waals surface area (Å²) in [5, 5.41) is -0.961. The minimum atomic E-state index is -4.17. The number of amides is 1. The topological polar surface area (TPSA) is 101 Å². The maximum atomic E-state index is 11.5. The normalized spacial score (nSPS) is 18.5. The molecule has 1 heterocycles. The van der Waals surface area contributed by atoms with Gasteiger partial charge in [-0.3, -0.25) is 14.2 Å². The molecule has 1 aromatic rings. The van der Waals surface area contributed by atoms with Crippen LogP contribution in [0.4, 0.5) is 0 Å². The number of nitrogens with zero attached hydrogens (tertiary/aromatic N) is 1. The van der Waals surface area contributed by atoms with Gasteiger partial charge in [-0.2, -0.15) is 8.42 Å². The quantitative estimate of drug-likeness (QED) is 0.758. The number of hydrogen-bond acceptors (Lipinski definition) is 4. The van der Waals surface area contributed by atoms with Crippen LogP contribution in [0.1, 0.15) is 30.9 Å². The molecule has 22 heavy (non-hydrogen) atoms. The lowest BCUT2D eigenvalue weighted by molar-refractivity contribution is -0.118. The van der Waals surface area contributed by atoms with Crippen LogP contribution in [0.3, 0.4) is 0 Å². The van der Waals surface area contributed by atoms with Gasteiger partial charge in [0.25, 0.3) is 10.1 Å². The van der Waals surface area contributed by atoms with Crippen molar-refractivity contribution in [2.75, 3.05) is 6.54 Å². The lowest BCUT2D eigenvalue weighted by Crippen LogP contribution is -2.48. The molecule has 0 fully saturated rings. The average Bonchev–Trinajstić information content (AvgIpc) is 2.46. The SMILES string of the molecule is CC(C(CCC(N)=O)N1CCc2ccccc2C1)S(=O)(=O)O. The fraction of sp³-hybridized carbons (Fsp3) is 0.533. The Hall–Kier alpha value is -1.44. The van der Waals surface area contributed by atoms with E-state index in [1.807, 2.05) is 23.1 Å². The van der Waals surface area contributed by atoms with E-state index in [4.69, 9.17) is 5.73 Å². The van der Waals surface area contributed by atoms with Crippen molar-refractivity contribution in [3.63, 3.8) is 0 Å². The molecule has 0 radical (unpaired) electrons. The molecule has 0 aromatic heterocycles. The molecule has 0 bridgehead atoms. The van der Waals surface area contributed by atoms with Gasteiger partial charge in [0, 0.05) is 25.6 Å². The molecule has 3 N–H and O–H groups in total. The smallest absolute Gasteiger partial charge is 0.269 e. The first kappa shape index (κ1) is 16.9. The van der Waals surface area contributed by atoms with E-state index in [9.17, 15) is 17.8 Å². The zero-order valence-corrected chi connectivity index (χ0v) is 13.4. The summed E-state index contributed by atoms with van der Waals surface area (Å²) in [4.78, 5) is 13.1. The number of rotatable bonds is 6. The van der Waals surface area contributed by atoms with E-state index in [0.29, 0.717) is 19.5 Å². The van der Waals surface area contributed by atoms with Gasteiger partial charge in [-0.25, -0.2) is 0 Å². The summed E-state index contributed by atoms with van der Waals surface area (Å²) in [5.74, 6) is -0.468. The Morgan fingerprint density at radius 1 is 1.36 bits per heavy atom. The van der Waals surface area contributed by atoms with Crippen LogP contribution in [0.5, 0.6) is 0 Å². The van der Waals surface area contributed by atoms with E-state index in [2.05, 4.69) is 6.07 Å². The lowest BCUT2D eigenvalue weighted by atomic mass is 9.96. The van der Waals surface area contributed by atoms with Gasteiger partial charge in [0.1, 0.15) is 0 Å². The molecule has 1 aliphatic heterocycles. The third-order valence-corrected chi connectivity index (χ3v) is 5.58. The van der Waals surface area contributed by atoms with Gasteiger partial charge >= 0.3 is 0 Å². The van der Waals surface area contributed by atoms with Crippen LogP contribution < -0.4 is 5.73 Å². The molecule has 0 spiro atoms. The lowest BCUT2D eigenvalue weighted by Gasteiger charge is -2.37. The molecule has 7 heteroatoms. The number of benzene rings is 1. The average molecular weight is 326 g/mol. The van der Waals surface area contributed by atoms with Crippen molar-refractivity contribution in [2.24, 2.45) is 5.73 Å². The van der Waals surface area contributed by atoms with E-state index in [0.717, 1.165) is 12.0 Å². The maximum Gasteiger partial charge on any atom is 0.269 e. The van der Waals surface area contributed by atoms with Crippen LogP contribution in [0.15, 0.2) is 24.3 Å².